The highest BCUT2D eigenvalue weighted by Gasteiger charge is 2.26. The second kappa shape index (κ2) is 7.46. The van der Waals surface area contributed by atoms with Gasteiger partial charge in [0, 0.05) is 6.54 Å². The number of carboxylic acids is 1. The van der Waals surface area contributed by atoms with Crippen LogP contribution < -0.4 is 0 Å². The Kier molecular flexibility index (Phi) is 6.22. The van der Waals surface area contributed by atoms with Crippen LogP contribution in [0.15, 0.2) is 29.2 Å². The third kappa shape index (κ3) is 5.05. The predicted octanol–water partition coefficient (Wildman–Crippen LogP) is 1.98. The molecule has 5 nitrogen and oxygen atoms in total. The van der Waals surface area contributed by atoms with Gasteiger partial charge in [-0.15, -0.1) is 0 Å². The van der Waals surface area contributed by atoms with Crippen LogP contribution in [0.1, 0.15) is 18.9 Å². The molecule has 1 aromatic carbocycles. The molecule has 118 valence electrons. The van der Waals surface area contributed by atoms with Gasteiger partial charge in [-0.1, -0.05) is 19.1 Å². The molecular formula is C13H17F2NO4S. The Morgan fingerprint density at radius 1 is 1.29 bits per heavy atom. The van der Waals surface area contributed by atoms with E-state index in [1.54, 1.807) is 4.90 Å². The third-order valence-corrected chi connectivity index (χ3v) is 4.19. The highest BCUT2D eigenvalue weighted by atomic mass is 32.2. The largest absolute Gasteiger partial charge is 0.480 e. The smallest absolute Gasteiger partial charge is 0.341 e. The van der Waals surface area contributed by atoms with Gasteiger partial charge < -0.3 is 5.11 Å². The summed E-state index contributed by atoms with van der Waals surface area (Å²) in [7, 11) is -4.59. The fourth-order valence-electron chi connectivity index (χ4n) is 1.87. The standard InChI is InChI=1S/C13H17F2NO4S/c1-2-7-16(9-12(17)18)8-10-3-5-11(6-4-10)21(19,20)13(14)15/h3-6,13H,2,7-9H2,1H3,(H,17,18). The molecule has 0 atom stereocenters. The summed E-state index contributed by atoms with van der Waals surface area (Å²) in [5.41, 5.74) is 0.665. The number of carboxylic acid groups (broad SMARTS) is 1. The van der Waals surface area contributed by atoms with E-state index >= 15 is 0 Å². The normalized spacial score (nSPS) is 12.0. The van der Waals surface area contributed by atoms with Gasteiger partial charge in [-0.05, 0) is 30.7 Å². The molecule has 0 spiro atoms. The van der Waals surface area contributed by atoms with Crippen LogP contribution in [-0.2, 0) is 21.2 Å². The summed E-state index contributed by atoms with van der Waals surface area (Å²) in [6.45, 7) is 2.66. The number of hydrogen-bond donors (Lipinski definition) is 1. The van der Waals surface area contributed by atoms with Crippen molar-refractivity contribution >= 4 is 15.8 Å². The fourth-order valence-corrected chi connectivity index (χ4v) is 2.59. The average Bonchev–Trinajstić information content (AvgIpc) is 2.38. The van der Waals surface area contributed by atoms with E-state index in [1.165, 1.54) is 12.1 Å². The quantitative estimate of drug-likeness (QED) is 0.792. The molecule has 0 aliphatic rings. The molecule has 0 radical (unpaired) electrons. The minimum absolute atomic E-state index is 0.134. The Morgan fingerprint density at radius 3 is 2.29 bits per heavy atom. The Bertz CT molecular complexity index is 572. The zero-order valence-electron chi connectivity index (χ0n) is 11.5. The molecule has 0 amide bonds. The lowest BCUT2D eigenvalue weighted by molar-refractivity contribution is -0.138. The summed E-state index contributed by atoms with van der Waals surface area (Å²) in [6.07, 6.45) is 0.769. The maximum Gasteiger partial charge on any atom is 0.341 e. The lowest BCUT2D eigenvalue weighted by Crippen LogP contribution is -2.30. The molecule has 21 heavy (non-hydrogen) atoms. The second-order valence-corrected chi connectivity index (χ2v) is 6.47. The minimum atomic E-state index is -4.59. The van der Waals surface area contributed by atoms with E-state index < -0.39 is 26.5 Å². The second-order valence-electron chi connectivity index (χ2n) is 4.55. The van der Waals surface area contributed by atoms with Crippen LogP contribution in [0.4, 0.5) is 8.78 Å². The Hall–Kier alpha value is -1.54. The first-order valence-corrected chi connectivity index (χ1v) is 7.87. The summed E-state index contributed by atoms with van der Waals surface area (Å²) in [6, 6.07) is 5.06. The van der Waals surface area contributed by atoms with E-state index in [0.717, 1.165) is 18.6 Å². The van der Waals surface area contributed by atoms with Gasteiger partial charge in [0.05, 0.1) is 11.4 Å². The highest BCUT2D eigenvalue weighted by molar-refractivity contribution is 7.91. The highest BCUT2D eigenvalue weighted by Crippen LogP contribution is 2.19. The van der Waals surface area contributed by atoms with Gasteiger partial charge in [-0.3, -0.25) is 9.69 Å². The van der Waals surface area contributed by atoms with E-state index in [1.807, 2.05) is 6.92 Å². The van der Waals surface area contributed by atoms with Crippen LogP contribution in [0.5, 0.6) is 0 Å². The zero-order chi connectivity index (χ0) is 16.0. The van der Waals surface area contributed by atoms with E-state index in [9.17, 15) is 22.0 Å². The number of hydrogen-bond acceptors (Lipinski definition) is 4. The number of sulfone groups is 1. The van der Waals surface area contributed by atoms with Gasteiger partial charge in [-0.2, -0.15) is 8.78 Å². The molecule has 0 aromatic heterocycles. The fraction of sp³-hybridized carbons (Fsp3) is 0.462. The molecule has 1 N–H and O–H groups in total. The van der Waals surface area contributed by atoms with Crippen molar-refractivity contribution in [3.63, 3.8) is 0 Å². The van der Waals surface area contributed by atoms with Gasteiger partial charge in [-0.25, -0.2) is 8.42 Å². The molecule has 0 saturated carbocycles. The van der Waals surface area contributed by atoms with E-state index in [2.05, 4.69) is 0 Å². The number of nitrogens with zero attached hydrogens (tertiary/aromatic N) is 1. The van der Waals surface area contributed by atoms with Crippen molar-refractivity contribution in [3.8, 4) is 0 Å². The number of rotatable bonds is 8. The molecule has 0 unspecified atom stereocenters. The van der Waals surface area contributed by atoms with Crippen molar-refractivity contribution in [2.75, 3.05) is 13.1 Å². The van der Waals surface area contributed by atoms with Crippen molar-refractivity contribution in [1.82, 2.24) is 4.90 Å². The van der Waals surface area contributed by atoms with E-state index in [0.29, 0.717) is 18.7 Å². The number of alkyl halides is 2. The Morgan fingerprint density at radius 2 is 1.86 bits per heavy atom. The lowest BCUT2D eigenvalue weighted by Gasteiger charge is -2.19. The summed E-state index contributed by atoms with van der Waals surface area (Å²) in [5, 5.41) is 8.80. The maximum absolute atomic E-state index is 12.4. The summed E-state index contributed by atoms with van der Waals surface area (Å²) >= 11 is 0. The van der Waals surface area contributed by atoms with Gasteiger partial charge in [0.15, 0.2) is 0 Å². The molecule has 0 aliphatic carbocycles. The van der Waals surface area contributed by atoms with Crippen molar-refractivity contribution in [3.05, 3.63) is 29.8 Å². The molecule has 0 saturated heterocycles. The van der Waals surface area contributed by atoms with Gasteiger partial charge in [0.1, 0.15) is 0 Å². The molecule has 1 rings (SSSR count). The maximum atomic E-state index is 12.4. The topological polar surface area (TPSA) is 74.7 Å². The number of benzene rings is 1. The molecule has 0 aliphatic heterocycles. The van der Waals surface area contributed by atoms with Crippen LogP contribution in [0, 0.1) is 0 Å². The summed E-state index contributed by atoms with van der Waals surface area (Å²) < 4.78 is 47.3. The third-order valence-electron chi connectivity index (χ3n) is 2.79. The molecule has 1 aromatic rings. The summed E-state index contributed by atoms with van der Waals surface area (Å²) in [4.78, 5) is 12.0. The van der Waals surface area contributed by atoms with Gasteiger partial charge in [0.25, 0.3) is 0 Å². The van der Waals surface area contributed by atoms with Crippen molar-refractivity contribution < 1.29 is 27.1 Å². The lowest BCUT2D eigenvalue weighted by atomic mass is 10.2. The van der Waals surface area contributed by atoms with Gasteiger partial charge >= 0.3 is 11.7 Å². The molecule has 8 heteroatoms. The average molecular weight is 321 g/mol. The molecule has 0 heterocycles. The van der Waals surface area contributed by atoms with Crippen LogP contribution in [0.2, 0.25) is 0 Å². The van der Waals surface area contributed by atoms with Crippen LogP contribution >= 0.6 is 0 Å². The van der Waals surface area contributed by atoms with Crippen LogP contribution in [0.25, 0.3) is 0 Å². The first-order valence-electron chi connectivity index (χ1n) is 6.32. The first-order chi connectivity index (χ1) is 9.77. The number of carbonyl (C=O) groups is 1. The zero-order valence-corrected chi connectivity index (χ0v) is 12.3. The Labute approximate surface area is 122 Å². The predicted molar refractivity (Wildman–Crippen MR) is 72.8 cm³/mol. The molecule has 0 bridgehead atoms. The van der Waals surface area contributed by atoms with Crippen LogP contribution in [-0.4, -0.2) is 43.2 Å². The van der Waals surface area contributed by atoms with E-state index in [4.69, 9.17) is 5.11 Å². The number of halogens is 2. The first kappa shape index (κ1) is 17.5. The Balaban J connectivity index is 2.84. The SMILES string of the molecule is CCCN(CC(=O)O)Cc1ccc(S(=O)(=O)C(F)F)cc1. The summed E-state index contributed by atoms with van der Waals surface area (Å²) in [5.74, 6) is -4.41. The van der Waals surface area contributed by atoms with E-state index in [-0.39, 0.29) is 6.54 Å². The molecule has 0 fully saturated rings. The van der Waals surface area contributed by atoms with Crippen molar-refractivity contribution in [2.45, 2.75) is 30.5 Å². The monoisotopic (exact) mass is 321 g/mol. The van der Waals surface area contributed by atoms with Crippen molar-refractivity contribution in [1.29, 1.82) is 0 Å². The molecular weight excluding hydrogens is 304 g/mol. The van der Waals surface area contributed by atoms with Gasteiger partial charge in [0.2, 0.25) is 9.84 Å². The van der Waals surface area contributed by atoms with Crippen molar-refractivity contribution in [2.24, 2.45) is 0 Å². The van der Waals surface area contributed by atoms with Crippen LogP contribution in [0.3, 0.4) is 0 Å². The number of aliphatic carboxylic acids is 1. The minimum Gasteiger partial charge on any atom is -0.480 e.